The van der Waals surface area contributed by atoms with Crippen molar-refractivity contribution in [3.63, 3.8) is 0 Å². The fourth-order valence-electron chi connectivity index (χ4n) is 4.58. The van der Waals surface area contributed by atoms with E-state index >= 15 is 0 Å². The van der Waals surface area contributed by atoms with Gasteiger partial charge in [-0.2, -0.15) is 0 Å². The van der Waals surface area contributed by atoms with Crippen LogP contribution >= 0.6 is 0 Å². The molecule has 0 radical (unpaired) electrons. The van der Waals surface area contributed by atoms with Crippen molar-refractivity contribution in [1.82, 2.24) is 10.2 Å². The van der Waals surface area contributed by atoms with E-state index in [9.17, 15) is 9.59 Å². The summed E-state index contributed by atoms with van der Waals surface area (Å²) in [6.07, 6.45) is 3.24. The minimum atomic E-state index is -0.0495. The Morgan fingerprint density at radius 2 is 1.73 bits per heavy atom. The van der Waals surface area contributed by atoms with Crippen LogP contribution in [0.5, 0.6) is 5.75 Å². The van der Waals surface area contributed by atoms with Crippen molar-refractivity contribution in [2.45, 2.75) is 59.1 Å². The SMILES string of the molecule is CCc1ccc(CNC(=O)C2CCN(C(=O)N3C[C@@H](CC)Oc4ccc(C)cc43)CC2)cc1. The van der Waals surface area contributed by atoms with Gasteiger partial charge in [-0.3, -0.25) is 9.69 Å². The number of rotatable bonds is 5. The minimum Gasteiger partial charge on any atom is -0.486 e. The zero-order chi connectivity index (χ0) is 23.4. The smallest absolute Gasteiger partial charge is 0.324 e. The number of nitrogens with one attached hydrogen (secondary N) is 1. The van der Waals surface area contributed by atoms with Crippen LogP contribution in [0, 0.1) is 12.8 Å². The Bertz CT molecular complexity index is 981. The lowest BCUT2D eigenvalue weighted by Crippen LogP contribution is -2.52. The first-order chi connectivity index (χ1) is 16.0. The molecule has 1 atom stereocenters. The predicted octanol–water partition coefficient (Wildman–Crippen LogP) is 4.68. The number of carbonyl (C=O) groups excluding carboxylic acids is 2. The third kappa shape index (κ3) is 5.32. The van der Waals surface area contributed by atoms with Crippen LogP contribution in [0.2, 0.25) is 0 Å². The van der Waals surface area contributed by atoms with Crippen molar-refractivity contribution >= 4 is 17.6 Å². The van der Waals surface area contributed by atoms with E-state index in [4.69, 9.17) is 4.74 Å². The number of likely N-dealkylation sites (tertiary alicyclic amines) is 1. The quantitative estimate of drug-likeness (QED) is 0.721. The van der Waals surface area contributed by atoms with Crippen LogP contribution in [-0.4, -0.2) is 42.6 Å². The average Bonchev–Trinajstić information content (AvgIpc) is 2.86. The molecule has 3 amide bonds. The molecule has 0 spiro atoms. The lowest BCUT2D eigenvalue weighted by atomic mass is 9.96. The maximum atomic E-state index is 13.4. The van der Waals surface area contributed by atoms with Crippen LogP contribution in [0.25, 0.3) is 0 Å². The van der Waals surface area contributed by atoms with Crippen LogP contribution in [0.3, 0.4) is 0 Å². The second-order valence-electron chi connectivity index (χ2n) is 9.16. The Kier molecular flexibility index (Phi) is 7.21. The van der Waals surface area contributed by atoms with E-state index in [-0.39, 0.29) is 24.0 Å². The highest BCUT2D eigenvalue weighted by Crippen LogP contribution is 2.36. The van der Waals surface area contributed by atoms with Crippen molar-refractivity contribution in [1.29, 1.82) is 0 Å². The monoisotopic (exact) mass is 449 g/mol. The molecule has 2 aromatic carbocycles. The van der Waals surface area contributed by atoms with Gasteiger partial charge in [-0.1, -0.05) is 44.2 Å². The molecule has 2 aliphatic heterocycles. The molecule has 6 nitrogen and oxygen atoms in total. The van der Waals surface area contributed by atoms with E-state index in [1.54, 1.807) is 0 Å². The molecule has 2 aliphatic rings. The molecule has 1 saturated heterocycles. The highest BCUT2D eigenvalue weighted by atomic mass is 16.5. The maximum absolute atomic E-state index is 13.4. The molecule has 176 valence electrons. The summed E-state index contributed by atoms with van der Waals surface area (Å²) in [7, 11) is 0. The molecule has 6 heteroatoms. The second-order valence-corrected chi connectivity index (χ2v) is 9.16. The number of fused-ring (bicyclic) bond motifs is 1. The summed E-state index contributed by atoms with van der Waals surface area (Å²) >= 11 is 0. The lowest BCUT2D eigenvalue weighted by molar-refractivity contribution is -0.126. The Morgan fingerprint density at radius 1 is 1.03 bits per heavy atom. The van der Waals surface area contributed by atoms with Crippen LogP contribution < -0.4 is 15.0 Å². The van der Waals surface area contributed by atoms with E-state index in [1.165, 1.54) is 5.56 Å². The van der Waals surface area contributed by atoms with Crippen LogP contribution in [0.1, 0.15) is 49.8 Å². The zero-order valence-electron chi connectivity index (χ0n) is 20.0. The predicted molar refractivity (Wildman–Crippen MR) is 131 cm³/mol. The number of amides is 3. The number of hydrogen-bond donors (Lipinski definition) is 1. The van der Waals surface area contributed by atoms with Crippen molar-refractivity contribution in [2.75, 3.05) is 24.5 Å². The molecule has 33 heavy (non-hydrogen) atoms. The minimum absolute atomic E-state index is 0.00105. The van der Waals surface area contributed by atoms with E-state index in [0.29, 0.717) is 39.0 Å². The molecule has 1 N–H and O–H groups in total. The van der Waals surface area contributed by atoms with Gasteiger partial charge in [0.25, 0.3) is 0 Å². The van der Waals surface area contributed by atoms with E-state index in [0.717, 1.165) is 35.4 Å². The van der Waals surface area contributed by atoms with Gasteiger partial charge in [-0.15, -0.1) is 0 Å². The molecule has 0 aliphatic carbocycles. The molecule has 2 heterocycles. The number of ether oxygens (including phenoxy) is 1. The summed E-state index contributed by atoms with van der Waals surface area (Å²) in [5, 5.41) is 3.08. The van der Waals surface area contributed by atoms with Gasteiger partial charge in [0.2, 0.25) is 5.91 Å². The number of piperidine rings is 1. The van der Waals surface area contributed by atoms with Crippen LogP contribution in [0.4, 0.5) is 10.5 Å². The Morgan fingerprint density at radius 3 is 2.39 bits per heavy atom. The zero-order valence-corrected chi connectivity index (χ0v) is 20.0. The molecule has 0 aromatic heterocycles. The molecule has 0 saturated carbocycles. The molecule has 0 bridgehead atoms. The number of hydrogen-bond acceptors (Lipinski definition) is 3. The number of nitrogens with zero attached hydrogens (tertiary/aromatic N) is 2. The normalized spacial score (nSPS) is 18.5. The van der Waals surface area contributed by atoms with Gasteiger partial charge in [0.15, 0.2) is 0 Å². The van der Waals surface area contributed by atoms with Gasteiger partial charge in [0, 0.05) is 25.6 Å². The number of anilines is 1. The summed E-state index contributed by atoms with van der Waals surface area (Å²) in [5.74, 6) is 0.805. The topological polar surface area (TPSA) is 61.9 Å². The second kappa shape index (κ2) is 10.3. The molecule has 4 rings (SSSR count). The van der Waals surface area contributed by atoms with Gasteiger partial charge in [-0.05, 0) is 61.4 Å². The van der Waals surface area contributed by atoms with E-state index in [2.05, 4.69) is 43.4 Å². The summed E-state index contributed by atoms with van der Waals surface area (Å²) in [6, 6.07) is 14.4. The molecule has 2 aromatic rings. The van der Waals surface area contributed by atoms with Crippen LogP contribution in [0.15, 0.2) is 42.5 Å². The first-order valence-electron chi connectivity index (χ1n) is 12.2. The van der Waals surface area contributed by atoms with Gasteiger partial charge < -0.3 is 15.0 Å². The summed E-state index contributed by atoms with van der Waals surface area (Å²) in [6.45, 7) is 8.53. The fraction of sp³-hybridized carbons (Fsp3) is 0.481. The molecular formula is C27H35N3O3. The van der Waals surface area contributed by atoms with Crippen molar-refractivity contribution in [3.8, 4) is 5.75 Å². The number of aryl methyl sites for hydroxylation is 2. The standard InChI is InChI=1S/C27H35N3O3/c1-4-20-7-9-21(10-8-20)17-28-26(31)22-12-14-29(15-13-22)27(32)30-18-23(5-2)33-25-11-6-19(3)16-24(25)30/h6-11,16,22-23H,4-5,12-15,17-18H2,1-3H3,(H,28,31)/t23-/m1/s1. The number of carbonyl (C=O) groups is 2. The first-order valence-corrected chi connectivity index (χ1v) is 12.2. The fourth-order valence-corrected chi connectivity index (χ4v) is 4.58. The van der Waals surface area contributed by atoms with E-state index < -0.39 is 0 Å². The maximum Gasteiger partial charge on any atom is 0.324 e. The van der Waals surface area contributed by atoms with Gasteiger partial charge in [0.05, 0.1) is 12.2 Å². The molecule has 1 fully saturated rings. The highest BCUT2D eigenvalue weighted by Gasteiger charge is 2.34. The number of benzene rings is 2. The molecule has 0 unspecified atom stereocenters. The Hall–Kier alpha value is -3.02. The summed E-state index contributed by atoms with van der Waals surface area (Å²) < 4.78 is 6.06. The third-order valence-electron chi connectivity index (χ3n) is 6.81. The Balaban J connectivity index is 1.33. The van der Waals surface area contributed by atoms with Crippen molar-refractivity contribution in [3.05, 3.63) is 59.2 Å². The van der Waals surface area contributed by atoms with Crippen molar-refractivity contribution < 1.29 is 14.3 Å². The summed E-state index contributed by atoms with van der Waals surface area (Å²) in [4.78, 5) is 29.9. The van der Waals surface area contributed by atoms with E-state index in [1.807, 2.05) is 34.9 Å². The third-order valence-corrected chi connectivity index (χ3v) is 6.81. The van der Waals surface area contributed by atoms with Gasteiger partial charge in [0.1, 0.15) is 11.9 Å². The first kappa shape index (κ1) is 23.1. The largest absolute Gasteiger partial charge is 0.486 e. The lowest BCUT2D eigenvalue weighted by Gasteiger charge is -2.39. The van der Waals surface area contributed by atoms with Gasteiger partial charge >= 0.3 is 6.03 Å². The van der Waals surface area contributed by atoms with Gasteiger partial charge in [-0.25, -0.2) is 4.79 Å². The Labute approximate surface area is 196 Å². The van der Waals surface area contributed by atoms with Crippen LogP contribution in [-0.2, 0) is 17.8 Å². The van der Waals surface area contributed by atoms with Crippen molar-refractivity contribution in [2.24, 2.45) is 5.92 Å². The highest BCUT2D eigenvalue weighted by molar-refractivity contribution is 5.94. The number of urea groups is 1. The average molecular weight is 450 g/mol. The summed E-state index contributed by atoms with van der Waals surface area (Å²) in [5.41, 5.74) is 4.36. The molecular weight excluding hydrogens is 414 g/mol.